The van der Waals surface area contributed by atoms with Crippen LogP contribution in [0, 0.1) is 6.92 Å². The molecule has 2 N–H and O–H groups in total. The van der Waals surface area contributed by atoms with E-state index in [2.05, 4.69) is 5.10 Å². The van der Waals surface area contributed by atoms with Crippen molar-refractivity contribution in [3.63, 3.8) is 0 Å². The smallest absolute Gasteiger partial charge is 0.117 e. The van der Waals surface area contributed by atoms with E-state index in [9.17, 15) is 5.11 Å². The molecule has 1 aromatic carbocycles. The van der Waals surface area contributed by atoms with Crippen LogP contribution < -0.4 is 0 Å². The van der Waals surface area contributed by atoms with Gasteiger partial charge in [-0.05, 0) is 31.0 Å². The molecule has 0 aliphatic rings. The van der Waals surface area contributed by atoms with Crippen LogP contribution >= 0.6 is 0 Å². The number of rotatable bonds is 3. The van der Waals surface area contributed by atoms with Gasteiger partial charge in [-0.1, -0.05) is 6.07 Å². The van der Waals surface area contributed by atoms with Crippen LogP contribution in [-0.4, -0.2) is 26.6 Å². The van der Waals surface area contributed by atoms with Gasteiger partial charge in [-0.15, -0.1) is 0 Å². The monoisotopic (exact) mass is 218 g/mol. The van der Waals surface area contributed by atoms with Gasteiger partial charge >= 0.3 is 0 Å². The standard InChI is InChI=1S/C12H14N2O2/c1-9-10(5-6-15)8-13-14(9)11-3-2-4-12(16)7-11/h2-4,7-8,15-16H,5-6H2,1H3. The highest BCUT2D eigenvalue weighted by atomic mass is 16.3. The van der Waals surface area contributed by atoms with Gasteiger partial charge in [0, 0.05) is 18.4 Å². The molecule has 16 heavy (non-hydrogen) atoms. The van der Waals surface area contributed by atoms with E-state index in [1.807, 2.05) is 13.0 Å². The zero-order valence-electron chi connectivity index (χ0n) is 9.09. The minimum Gasteiger partial charge on any atom is -0.508 e. The van der Waals surface area contributed by atoms with Crippen LogP contribution in [0.4, 0.5) is 0 Å². The lowest BCUT2D eigenvalue weighted by Gasteiger charge is -2.05. The molecule has 0 saturated carbocycles. The minimum absolute atomic E-state index is 0.118. The van der Waals surface area contributed by atoms with E-state index in [1.165, 1.54) is 0 Å². The van der Waals surface area contributed by atoms with Gasteiger partial charge in [0.15, 0.2) is 0 Å². The predicted molar refractivity (Wildman–Crippen MR) is 60.8 cm³/mol. The van der Waals surface area contributed by atoms with Crippen LogP contribution in [0.1, 0.15) is 11.3 Å². The molecule has 0 amide bonds. The maximum absolute atomic E-state index is 9.39. The van der Waals surface area contributed by atoms with E-state index in [0.717, 1.165) is 16.9 Å². The Morgan fingerprint density at radius 2 is 2.19 bits per heavy atom. The molecule has 4 heteroatoms. The lowest BCUT2D eigenvalue weighted by molar-refractivity contribution is 0.299. The molecule has 4 nitrogen and oxygen atoms in total. The van der Waals surface area contributed by atoms with Crippen LogP contribution in [0.25, 0.3) is 5.69 Å². The van der Waals surface area contributed by atoms with E-state index in [1.54, 1.807) is 29.1 Å². The second kappa shape index (κ2) is 4.37. The number of aromatic nitrogens is 2. The zero-order valence-corrected chi connectivity index (χ0v) is 9.09. The molecule has 0 saturated heterocycles. The summed E-state index contributed by atoms with van der Waals surface area (Å²) >= 11 is 0. The largest absolute Gasteiger partial charge is 0.508 e. The molecule has 0 fully saturated rings. The fraction of sp³-hybridized carbons (Fsp3) is 0.250. The summed E-state index contributed by atoms with van der Waals surface area (Å²) < 4.78 is 1.75. The first kappa shape index (κ1) is 10.7. The first-order valence-electron chi connectivity index (χ1n) is 5.16. The first-order chi connectivity index (χ1) is 7.72. The summed E-state index contributed by atoms with van der Waals surface area (Å²) in [5.74, 6) is 0.219. The van der Waals surface area contributed by atoms with Crippen LogP contribution in [0.5, 0.6) is 5.75 Å². The van der Waals surface area contributed by atoms with E-state index in [4.69, 9.17) is 5.11 Å². The summed E-state index contributed by atoms with van der Waals surface area (Å²) in [4.78, 5) is 0. The molecule has 0 spiro atoms. The second-order valence-electron chi connectivity index (χ2n) is 3.66. The van der Waals surface area contributed by atoms with Gasteiger partial charge < -0.3 is 10.2 Å². The lowest BCUT2D eigenvalue weighted by Crippen LogP contribution is -2.00. The Morgan fingerprint density at radius 3 is 2.88 bits per heavy atom. The fourth-order valence-corrected chi connectivity index (χ4v) is 1.69. The number of nitrogens with zero attached hydrogens (tertiary/aromatic N) is 2. The molecule has 2 aromatic rings. The number of aliphatic hydroxyl groups excluding tert-OH is 1. The highest BCUT2D eigenvalue weighted by Gasteiger charge is 2.07. The molecule has 84 valence electrons. The quantitative estimate of drug-likeness (QED) is 0.819. The molecule has 1 heterocycles. The van der Waals surface area contributed by atoms with Crippen molar-refractivity contribution in [2.75, 3.05) is 6.61 Å². The molecule has 0 radical (unpaired) electrons. The Kier molecular flexibility index (Phi) is 2.92. The van der Waals surface area contributed by atoms with Gasteiger partial charge in [-0.25, -0.2) is 4.68 Å². The molecule has 1 aromatic heterocycles. The number of aliphatic hydroxyl groups is 1. The van der Waals surface area contributed by atoms with Gasteiger partial charge in [0.1, 0.15) is 5.75 Å². The third-order valence-electron chi connectivity index (χ3n) is 2.57. The average Bonchev–Trinajstić information content (AvgIpc) is 2.61. The van der Waals surface area contributed by atoms with Gasteiger partial charge in [-0.3, -0.25) is 0 Å². The summed E-state index contributed by atoms with van der Waals surface area (Å²) in [7, 11) is 0. The molecule has 0 aliphatic carbocycles. The van der Waals surface area contributed by atoms with Crippen molar-refractivity contribution in [1.82, 2.24) is 9.78 Å². The Balaban J connectivity index is 2.41. The Bertz CT molecular complexity index is 492. The Morgan fingerprint density at radius 1 is 1.38 bits per heavy atom. The maximum atomic E-state index is 9.39. The van der Waals surface area contributed by atoms with E-state index in [0.29, 0.717) is 6.42 Å². The number of aromatic hydroxyl groups is 1. The van der Waals surface area contributed by atoms with Crippen molar-refractivity contribution < 1.29 is 10.2 Å². The molecular formula is C12H14N2O2. The summed E-state index contributed by atoms with van der Waals surface area (Å²) in [6, 6.07) is 6.93. The van der Waals surface area contributed by atoms with Crippen LogP contribution in [0.15, 0.2) is 30.5 Å². The van der Waals surface area contributed by atoms with Crippen LogP contribution in [0.3, 0.4) is 0 Å². The number of hydrogen-bond donors (Lipinski definition) is 2. The normalized spacial score (nSPS) is 10.6. The third-order valence-corrected chi connectivity index (χ3v) is 2.57. The van der Waals surface area contributed by atoms with E-state index >= 15 is 0 Å². The lowest BCUT2D eigenvalue weighted by atomic mass is 10.2. The summed E-state index contributed by atoms with van der Waals surface area (Å²) in [6.07, 6.45) is 2.35. The number of phenolic OH excluding ortho intramolecular Hbond substituents is 1. The SMILES string of the molecule is Cc1c(CCO)cnn1-c1cccc(O)c1. The summed E-state index contributed by atoms with van der Waals surface area (Å²) in [5, 5.41) is 22.5. The van der Waals surface area contributed by atoms with Gasteiger partial charge in [-0.2, -0.15) is 5.10 Å². The first-order valence-corrected chi connectivity index (χ1v) is 5.16. The van der Waals surface area contributed by atoms with Gasteiger partial charge in [0.25, 0.3) is 0 Å². The van der Waals surface area contributed by atoms with Crippen molar-refractivity contribution in [2.45, 2.75) is 13.3 Å². The van der Waals surface area contributed by atoms with Crippen molar-refractivity contribution >= 4 is 0 Å². The molecular weight excluding hydrogens is 204 g/mol. The molecule has 0 atom stereocenters. The van der Waals surface area contributed by atoms with E-state index in [-0.39, 0.29) is 12.4 Å². The van der Waals surface area contributed by atoms with Crippen molar-refractivity contribution in [2.24, 2.45) is 0 Å². The third kappa shape index (κ3) is 1.92. The maximum Gasteiger partial charge on any atom is 0.117 e. The molecule has 0 aliphatic heterocycles. The number of phenols is 1. The van der Waals surface area contributed by atoms with Crippen LogP contribution in [-0.2, 0) is 6.42 Å². The zero-order chi connectivity index (χ0) is 11.5. The Hall–Kier alpha value is -1.81. The van der Waals surface area contributed by atoms with E-state index < -0.39 is 0 Å². The topological polar surface area (TPSA) is 58.3 Å². The van der Waals surface area contributed by atoms with Crippen molar-refractivity contribution in [3.8, 4) is 11.4 Å². The fourth-order valence-electron chi connectivity index (χ4n) is 1.69. The number of benzene rings is 1. The summed E-state index contributed by atoms with van der Waals surface area (Å²) in [6.45, 7) is 2.06. The second-order valence-corrected chi connectivity index (χ2v) is 3.66. The van der Waals surface area contributed by atoms with Crippen LogP contribution in [0.2, 0.25) is 0 Å². The van der Waals surface area contributed by atoms with Gasteiger partial charge in [0.05, 0.1) is 11.9 Å². The minimum atomic E-state index is 0.118. The van der Waals surface area contributed by atoms with Gasteiger partial charge in [0.2, 0.25) is 0 Å². The molecule has 0 unspecified atom stereocenters. The predicted octanol–water partition coefficient (Wildman–Crippen LogP) is 1.42. The number of hydrogen-bond acceptors (Lipinski definition) is 3. The highest BCUT2D eigenvalue weighted by molar-refractivity contribution is 5.40. The van der Waals surface area contributed by atoms with Crippen molar-refractivity contribution in [3.05, 3.63) is 41.7 Å². The van der Waals surface area contributed by atoms with Crippen molar-refractivity contribution in [1.29, 1.82) is 0 Å². The Labute approximate surface area is 93.8 Å². The molecule has 0 bridgehead atoms. The summed E-state index contributed by atoms with van der Waals surface area (Å²) in [5.41, 5.74) is 2.83. The highest BCUT2D eigenvalue weighted by Crippen LogP contribution is 2.18. The average molecular weight is 218 g/mol. The molecule has 2 rings (SSSR count).